The van der Waals surface area contributed by atoms with Crippen LogP contribution in [0, 0.1) is 5.92 Å². The van der Waals surface area contributed by atoms with Crippen molar-refractivity contribution in [2.24, 2.45) is 5.92 Å². The molecule has 1 fully saturated rings. The van der Waals surface area contributed by atoms with Crippen LogP contribution in [0.15, 0.2) is 4.52 Å². The normalized spacial score (nSPS) is 16.9. The van der Waals surface area contributed by atoms with Crippen LogP contribution >= 0.6 is 0 Å². The van der Waals surface area contributed by atoms with Gasteiger partial charge < -0.3 is 14.9 Å². The van der Waals surface area contributed by atoms with E-state index < -0.39 is 6.10 Å². The third-order valence-corrected chi connectivity index (χ3v) is 2.96. The Bertz CT molecular complexity index is 412. The summed E-state index contributed by atoms with van der Waals surface area (Å²) in [6.07, 6.45) is 1.80. The Balaban J connectivity index is 1.72. The van der Waals surface area contributed by atoms with Crippen molar-refractivity contribution in [3.05, 3.63) is 11.7 Å². The molecular weight excluding hydrogens is 234 g/mol. The van der Waals surface area contributed by atoms with Crippen molar-refractivity contribution in [2.75, 3.05) is 6.54 Å². The Morgan fingerprint density at radius 3 is 2.89 bits per heavy atom. The number of aliphatic hydroxyl groups excluding tert-OH is 1. The number of carbonyl (C=O) groups is 1. The predicted octanol–water partition coefficient (Wildman–Crippen LogP) is 0.623. The molecule has 1 aromatic heterocycles. The van der Waals surface area contributed by atoms with Crippen molar-refractivity contribution < 1.29 is 14.4 Å². The van der Waals surface area contributed by atoms with Gasteiger partial charge in [-0.25, -0.2) is 0 Å². The Hall–Kier alpha value is -1.43. The predicted molar refractivity (Wildman–Crippen MR) is 63.8 cm³/mol. The Labute approximate surface area is 106 Å². The molecule has 1 aromatic rings. The molecule has 1 aliphatic carbocycles. The quantitative estimate of drug-likeness (QED) is 0.776. The van der Waals surface area contributed by atoms with Crippen molar-refractivity contribution in [1.29, 1.82) is 0 Å². The third kappa shape index (κ3) is 3.29. The fraction of sp³-hybridized carbons (Fsp3) is 0.750. The summed E-state index contributed by atoms with van der Waals surface area (Å²) in [6, 6.07) is 0. The third-order valence-electron chi connectivity index (χ3n) is 2.96. The van der Waals surface area contributed by atoms with E-state index in [-0.39, 0.29) is 11.8 Å². The monoisotopic (exact) mass is 253 g/mol. The first-order valence-electron chi connectivity index (χ1n) is 6.36. The van der Waals surface area contributed by atoms with Gasteiger partial charge in [-0.1, -0.05) is 19.0 Å². The molecule has 0 aromatic carbocycles. The van der Waals surface area contributed by atoms with E-state index in [9.17, 15) is 9.90 Å². The average Bonchev–Trinajstić information content (AvgIpc) is 3.08. The number of amides is 1. The van der Waals surface area contributed by atoms with Crippen LogP contribution in [-0.2, 0) is 11.2 Å². The van der Waals surface area contributed by atoms with Gasteiger partial charge in [0.25, 0.3) is 0 Å². The molecule has 1 amide bonds. The number of carbonyl (C=O) groups excluding carboxylic acids is 1. The molecule has 100 valence electrons. The van der Waals surface area contributed by atoms with E-state index in [0.29, 0.717) is 24.8 Å². The van der Waals surface area contributed by atoms with Crippen molar-refractivity contribution in [1.82, 2.24) is 15.5 Å². The van der Waals surface area contributed by atoms with Gasteiger partial charge >= 0.3 is 0 Å². The van der Waals surface area contributed by atoms with E-state index in [1.807, 2.05) is 0 Å². The van der Waals surface area contributed by atoms with Crippen LogP contribution in [0.25, 0.3) is 0 Å². The Morgan fingerprint density at radius 2 is 2.28 bits per heavy atom. The minimum absolute atomic E-state index is 0.0881. The standard InChI is InChI=1S/C12H19N3O3/c1-7(2)10(16)12(17)13-6-5-9-14-11(15-18-9)8-3-4-8/h7-8,10,16H,3-6H2,1-2H3,(H,13,17)/t10-/m1/s1. The molecule has 6 nitrogen and oxygen atoms in total. The summed E-state index contributed by atoms with van der Waals surface area (Å²) in [5.74, 6) is 1.34. The maximum Gasteiger partial charge on any atom is 0.249 e. The van der Waals surface area contributed by atoms with Gasteiger partial charge in [-0.15, -0.1) is 0 Å². The van der Waals surface area contributed by atoms with Crippen LogP contribution in [0.2, 0.25) is 0 Å². The molecule has 0 radical (unpaired) electrons. The molecule has 18 heavy (non-hydrogen) atoms. The number of hydrogen-bond acceptors (Lipinski definition) is 5. The number of aliphatic hydroxyl groups is 1. The first kappa shape index (κ1) is 13.0. The Kier molecular flexibility index (Phi) is 3.96. The lowest BCUT2D eigenvalue weighted by Gasteiger charge is -2.13. The number of hydrogen-bond donors (Lipinski definition) is 2. The summed E-state index contributed by atoms with van der Waals surface area (Å²) in [5, 5.41) is 16.1. The second-order valence-electron chi connectivity index (χ2n) is 5.05. The van der Waals surface area contributed by atoms with Gasteiger partial charge in [0.05, 0.1) is 0 Å². The summed E-state index contributed by atoms with van der Waals surface area (Å²) in [7, 11) is 0. The molecule has 2 rings (SSSR count). The maximum absolute atomic E-state index is 11.5. The minimum atomic E-state index is -0.963. The van der Waals surface area contributed by atoms with E-state index in [0.717, 1.165) is 18.7 Å². The Morgan fingerprint density at radius 1 is 1.56 bits per heavy atom. The maximum atomic E-state index is 11.5. The highest BCUT2D eigenvalue weighted by Gasteiger charge is 2.28. The topological polar surface area (TPSA) is 88.2 Å². The summed E-state index contributed by atoms with van der Waals surface area (Å²) >= 11 is 0. The molecule has 1 aliphatic rings. The van der Waals surface area contributed by atoms with Crippen molar-refractivity contribution >= 4 is 5.91 Å². The zero-order valence-corrected chi connectivity index (χ0v) is 10.7. The van der Waals surface area contributed by atoms with Crippen LogP contribution in [0.3, 0.4) is 0 Å². The fourth-order valence-electron chi connectivity index (χ4n) is 1.58. The molecule has 0 saturated heterocycles. The number of nitrogens with zero attached hydrogens (tertiary/aromatic N) is 2. The summed E-state index contributed by atoms with van der Waals surface area (Å²) < 4.78 is 5.08. The zero-order chi connectivity index (χ0) is 13.1. The van der Waals surface area contributed by atoms with Crippen molar-refractivity contribution in [3.8, 4) is 0 Å². The average molecular weight is 253 g/mol. The first-order valence-corrected chi connectivity index (χ1v) is 6.36. The smallest absolute Gasteiger partial charge is 0.249 e. The second-order valence-corrected chi connectivity index (χ2v) is 5.05. The summed E-state index contributed by atoms with van der Waals surface area (Å²) in [4.78, 5) is 15.7. The van der Waals surface area contributed by atoms with Crippen molar-refractivity contribution in [2.45, 2.75) is 45.1 Å². The fourth-order valence-corrected chi connectivity index (χ4v) is 1.58. The molecule has 1 saturated carbocycles. The van der Waals surface area contributed by atoms with Crippen LogP contribution in [0.1, 0.15) is 44.3 Å². The van der Waals surface area contributed by atoms with Gasteiger partial charge in [0, 0.05) is 18.9 Å². The van der Waals surface area contributed by atoms with Gasteiger partial charge in [-0.05, 0) is 18.8 Å². The lowest BCUT2D eigenvalue weighted by Crippen LogP contribution is -2.38. The van der Waals surface area contributed by atoms with Crippen LogP contribution in [0.4, 0.5) is 0 Å². The molecule has 1 heterocycles. The largest absolute Gasteiger partial charge is 0.383 e. The lowest BCUT2D eigenvalue weighted by atomic mass is 10.1. The molecule has 0 bridgehead atoms. The summed E-state index contributed by atoms with van der Waals surface area (Å²) in [5.41, 5.74) is 0. The highest BCUT2D eigenvalue weighted by Crippen LogP contribution is 2.38. The van der Waals surface area contributed by atoms with Gasteiger partial charge in [-0.3, -0.25) is 4.79 Å². The molecular formula is C12H19N3O3. The molecule has 0 aliphatic heterocycles. The van der Waals surface area contributed by atoms with Gasteiger partial charge in [0.1, 0.15) is 6.10 Å². The van der Waals surface area contributed by atoms with Crippen LogP contribution in [0.5, 0.6) is 0 Å². The summed E-state index contributed by atoms with van der Waals surface area (Å²) in [6.45, 7) is 3.99. The zero-order valence-electron chi connectivity index (χ0n) is 10.7. The van der Waals surface area contributed by atoms with E-state index in [1.54, 1.807) is 13.8 Å². The lowest BCUT2D eigenvalue weighted by molar-refractivity contribution is -0.131. The van der Waals surface area contributed by atoms with Crippen molar-refractivity contribution in [3.63, 3.8) is 0 Å². The molecule has 0 spiro atoms. The minimum Gasteiger partial charge on any atom is -0.383 e. The van der Waals surface area contributed by atoms with E-state index in [2.05, 4.69) is 15.5 Å². The highest BCUT2D eigenvalue weighted by molar-refractivity contribution is 5.80. The first-order chi connectivity index (χ1) is 8.58. The molecule has 0 unspecified atom stereocenters. The van der Waals surface area contributed by atoms with E-state index in [4.69, 9.17) is 4.52 Å². The molecule has 6 heteroatoms. The van der Waals surface area contributed by atoms with E-state index >= 15 is 0 Å². The van der Waals surface area contributed by atoms with Gasteiger partial charge in [0.15, 0.2) is 5.82 Å². The highest BCUT2D eigenvalue weighted by atomic mass is 16.5. The van der Waals surface area contributed by atoms with Crippen LogP contribution < -0.4 is 5.32 Å². The number of aromatic nitrogens is 2. The number of rotatable bonds is 6. The van der Waals surface area contributed by atoms with E-state index in [1.165, 1.54) is 0 Å². The van der Waals surface area contributed by atoms with Crippen LogP contribution in [-0.4, -0.2) is 33.8 Å². The SMILES string of the molecule is CC(C)[C@@H](O)C(=O)NCCc1nc(C2CC2)no1. The molecule has 1 atom stereocenters. The van der Waals surface area contributed by atoms with Gasteiger partial charge in [0.2, 0.25) is 11.8 Å². The van der Waals surface area contributed by atoms with Gasteiger partial charge in [-0.2, -0.15) is 4.98 Å². The second kappa shape index (κ2) is 5.48. The number of nitrogens with one attached hydrogen (secondary N) is 1. The molecule has 2 N–H and O–H groups in total.